The Hall–Kier alpha value is -2.31. The van der Waals surface area contributed by atoms with Crippen molar-refractivity contribution in [3.05, 3.63) is 0 Å². The van der Waals surface area contributed by atoms with Gasteiger partial charge in [0.25, 0.3) is 0 Å². The normalized spacial score (nSPS) is 24.8. The van der Waals surface area contributed by atoms with Gasteiger partial charge in [-0.05, 0) is 44.4 Å². The van der Waals surface area contributed by atoms with E-state index in [4.69, 9.17) is 0 Å². The molecule has 2 saturated heterocycles. The van der Waals surface area contributed by atoms with E-state index in [-0.39, 0.29) is 30.7 Å². The molecular weight excluding hydrogens is 469 g/mol. The lowest BCUT2D eigenvalue weighted by Gasteiger charge is -2.27. The number of amides is 3. The summed E-state index contributed by atoms with van der Waals surface area (Å²) in [5.74, 6) is -6.55. The number of carbonyl (C=O) groups excluding carboxylic acids is 4. The second-order valence-corrected chi connectivity index (χ2v) is 9.59. The number of nitrogens with one attached hydrogen (secondary N) is 2. The molecule has 1 saturated carbocycles. The number of ketones is 1. The van der Waals surface area contributed by atoms with E-state index in [1.165, 1.54) is 4.90 Å². The van der Waals surface area contributed by atoms with E-state index in [2.05, 4.69) is 15.4 Å². The molecule has 13 heteroatoms. The molecule has 192 valence electrons. The summed E-state index contributed by atoms with van der Waals surface area (Å²) < 4.78 is 67.3. The van der Waals surface area contributed by atoms with Crippen LogP contribution >= 0.6 is 0 Å². The van der Waals surface area contributed by atoms with Gasteiger partial charge in [-0.1, -0.05) is 0 Å². The fraction of sp³-hybridized carbons (Fsp3) is 0.810. The molecule has 0 aromatic carbocycles. The van der Waals surface area contributed by atoms with Crippen molar-refractivity contribution in [3.63, 3.8) is 0 Å². The number of rotatable bonds is 10. The summed E-state index contributed by atoms with van der Waals surface area (Å²) in [5, 5.41) is 4.96. The van der Waals surface area contributed by atoms with E-state index in [1.807, 2.05) is 0 Å². The number of Topliss-reactive ketones (excluding diaryl/α,β-unsaturated/α-hetero) is 1. The monoisotopic (exact) mass is 497 g/mol. The lowest BCUT2D eigenvalue weighted by molar-refractivity contribution is -0.321. The molecule has 8 nitrogen and oxygen atoms in total. The number of halogens is 5. The first-order valence-corrected chi connectivity index (χ1v) is 11.2. The second-order valence-electron chi connectivity index (χ2n) is 9.59. The predicted molar refractivity (Wildman–Crippen MR) is 106 cm³/mol. The molecule has 2 aliphatic heterocycles. The topological polar surface area (TPSA) is 105 Å². The standard InChI is InChI=1S/C21H28F5N3O5/c1-19(22,23)4-2-16(31)29-11-20(5-6-20)9-14(29)18(33)28-13(8-12-3-7-27-17(12)32)15(30)10-34-21(24,25)26/h12-14H,2-11H2,1H3,(H,27,32)(H,28,33)/t12-,13+,14+/m0/s1. The Bertz CT molecular complexity index is 825. The van der Waals surface area contributed by atoms with E-state index in [9.17, 15) is 41.1 Å². The molecule has 3 amide bonds. The number of likely N-dealkylation sites (tertiary alicyclic amines) is 1. The first-order valence-electron chi connectivity index (χ1n) is 11.2. The van der Waals surface area contributed by atoms with Crippen LogP contribution in [0.4, 0.5) is 22.0 Å². The Morgan fingerprint density at radius 3 is 2.44 bits per heavy atom. The lowest BCUT2D eigenvalue weighted by Crippen LogP contribution is -2.52. The average Bonchev–Trinajstić information content (AvgIpc) is 3.18. The summed E-state index contributed by atoms with van der Waals surface area (Å²) in [4.78, 5) is 51.3. The average molecular weight is 497 g/mol. The smallest absolute Gasteiger partial charge is 0.356 e. The van der Waals surface area contributed by atoms with Gasteiger partial charge in [0, 0.05) is 31.8 Å². The van der Waals surface area contributed by atoms with Crippen LogP contribution in [0.15, 0.2) is 0 Å². The first-order chi connectivity index (χ1) is 15.7. The molecule has 0 radical (unpaired) electrons. The van der Waals surface area contributed by atoms with Gasteiger partial charge >= 0.3 is 6.36 Å². The van der Waals surface area contributed by atoms with Crippen LogP contribution in [-0.4, -0.2) is 72.5 Å². The van der Waals surface area contributed by atoms with Crippen LogP contribution in [0.2, 0.25) is 0 Å². The maximum Gasteiger partial charge on any atom is 0.522 e. The van der Waals surface area contributed by atoms with Crippen molar-refractivity contribution in [2.45, 2.75) is 76.2 Å². The summed E-state index contributed by atoms with van der Waals surface area (Å²) in [7, 11) is 0. The van der Waals surface area contributed by atoms with Crippen LogP contribution in [0.3, 0.4) is 0 Å². The molecule has 1 aliphatic carbocycles. The van der Waals surface area contributed by atoms with E-state index >= 15 is 0 Å². The fourth-order valence-electron chi connectivity index (χ4n) is 4.51. The van der Waals surface area contributed by atoms with Crippen LogP contribution in [0.25, 0.3) is 0 Å². The third-order valence-corrected chi connectivity index (χ3v) is 6.63. The number of hydrogen-bond acceptors (Lipinski definition) is 5. The van der Waals surface area contributed by atoms with Crippen molar-refractivity contribution < 1.29 is 45.9 Å². The van der Waals surface area contributed by atoms with Gasteiger partial charge in [0.05, 0.1) is 6.04 Å². The molecule has 1 spiro atoms. The van der Waals surface area contributed by atoms with E-state index in [0.29, 0.717) is 19.9 Å². The highest BCUT2D eigenvalue weighted by Gasteiger charge is 2.55. The molecule has 0 bridgehead atoms. The van der Waals surface area contributed by atoms with Crippen LogP contribution in [-0.2, 0) is 23.9 Å². The maximum atomic E-state index is 13.2. The van der Waals surface area contributed by atoms with Gasteiger partial charge in [-0.2, -0.15) is 0 Å². The second kappa shape index (κ2) is 9.74. The largest absolute Gasteiger partial charge is 0.522 e. The van der Waals surface area contributed by atoms with Crippen molar-refractivity contribution in [1.29, 1.82) is 0 Å². The molecule has 3 atom stereocenters. The van der Waals surface area contributed by atoms with Gasteiger partial charge in [-0.25, -0.2) is 8.78 Å². The van der Waals surface area contributed by atoms with Gasteiger partial charge < -0.3 is 15.5 Å². The molecule has 0 unspecified atom stereocenters. The van der Waals surface area contributed by atoms with Crippen LogP contribution < -0.4 is 10.6 Å². The molecule has 2 N–H and O–H groups in total. The SMILES string of the molecule is CC(F)(F)CCC(=O)N1CC2(CC2)C[C@@H]1C(=O)N[C@H](C[C@@H]1CCNC1=O)C(=O)COC(F)(F)F. The molecule has 2 heterocycles. The summed E-state index contributed by atoms with van der Waals surface area (Å²) in [6, 6.07) is -2.46. The molecule has 3 rings (SSSR count). The quantitative estimate of drug-likeness (QED) is 0.449. The highest BCUT2D eigenvalue weighted by molar-refractivity contribution is 5.94. The highest BCUT2D eigenvalue weighted by atomic mass is 19.4. The molecular formula is C21H28F5N3O5. The van der Waals surface area contributed by atoms with E-state index < -0.39 is 67.3 Å². The number of carbonyl (C=O) groups is 4. The summed E-state index contributed by atoms with van der Waals surface area (Å²) in [5.41, 5.74) is -0.281. The number of ether oxygens (including phenoxy) is 1. The minimum Gasteiger partial charge on any atom is -0.356 e. The van der Waals surface area contributed by atoms with Crippen molar-refractivity contribution in [2.24, 2.45) is 11.3 Å². The zero-order valence-electron chi connectivity index (χ0n) is 18.7. The van der Waals surface area contributed by atoms with Gasteiger partial charge in [0.1, 0.15) is 12.6 Å². The summed E-state index contributed by atoms with van der Waals surface area (Å²) in [6.45, 7) is -0.0895. The van der Waals surface area contributed by atoms with Gasteiger partial charge in [0.15, 0.2) is 5.78 Å². The van der Waals surface area contributed by atoms with Crippen molar-refractivity contribution in [2.75, 3.05) is 19.7 Å². The van der Waals surface area contributed by atoms with E-state index in [0.717, 1.165) is 12.8 Å². The first kappa shape index (κ1) is 26.3. The Balaban J connectivity index is 1.70. The Kier molecular flexibility index (Phi) is 7.54. The molecule has 3 fully saturated rings. The Labute approximate surface area is 192 Å². The Morgan fingerprint density at radius 1 is 1.24 bits per heavy atom. The maximum absolute atomic E-state index is 13.2. The molecule has 0 aromatic rings. The van der Waals surface area contributed by atoms with Gasteiger partial charge in [-0.15, -0.1) is 13.2 Å². The summed E-state index contributed by atoms with van der Waals surface area (Å²) in [6.07, 6.45) is -4.28. The minimum absolute atomic E-state index is 0.217. The zero-order valence-corrected chi connectivity index (χ0v) is 18.7. The number of alkyl halides is 5. The van der Waals surface area contributed by atoms with Crippen LogP contribution in [0.1, 0.15) is 51.9 Å². The third kappa shape index (κ3) is 7.09. The third-order valence-electron chi connectivity index (χ3n) is 6.63. The molecule has 34 heavy (non-hydrogen) atoms. The minimum atomic E-state index is -5.05. The van der Waals surface area contributed by atoms with Gasteiger partial charge in [0.2, 0.25) is 23.6 Å². The van der Waals surface area contributed by atoms with Crippen molar-refractivity contribution in [3.8, 4) is 0 Å². The molecule has 3 aliphatic rings. The summed E-state index contributed by atoms with van der Waals surface area (Å²) >= 11 is 0. The predicted octanol–water partition coefficient (Wildman–Crippen LogP) is 1.92. The molecule has 0 aromatic heterocycles. The number of nitrogens with zero attached hydrogens (tertiary/aromatic N) is 1. The zero-order chi connectivity index (χ0) is 25.3. The van der Waals surface area contributed by atoms with Crippen molar-refractivity contribution in [1.82, 2.24) is 15.5 Å². The van der Waals surface area contributed by atoms with E-state index in [1.54, 1.807) is 0 Å². The van der Waals surface area contributed by atoms with Crippen LogP contribution in [0, 0.1) is 11.3 Å². The number of hydrogen-bond donors (Lipinski definition) is 2. The fourth-order valence-corrected chi connectivity index (χ4v) is 4.51. The van der Waals surface area contributed by atoms with Gasteiger partial charge in [-0.3, -0.25) is 23.9 Å². The lowest BCUT2D eigenvalue weighted by atomic mass is 9.95. The van der Waals surface area contributed by atoms with Crippen molar-refractivity contribution >= 4 is 23.5 Å². The highest BCUT2D eigenvalue weighted by Crippen LogP contribution is 2.55. The van der Waals surface area contributed by atoms with Crippen LogP contribution in [0.5, 0.6) is 0 Å². The Morgan fingerprint density at radius 2 is 1.91 bits per heavy atom.